The zero-order valence-corrected chi connectivity index (χ0v) is 11.3. The Labute approximate surface area is 116 Å². The molecule has 1 saturated heterocycles. The fraction of sp³-hybridized carbons (Fsp3) is 0.400. The standard InChI is InChI=1S/C15H17FN2O2/c1-9(19)10-4-5-18(8-10)15(20)13-7-17-14-6-11(16)2-3-12(13)14/h2-3,6-7,9-10,17,19H,4-5,8H2,1H3. The largest absolute Gasteiger partial charge is 0.393 e. The van der Waals surface area contributed by atoms with Crippen molar-refractivity contribution in [2.75, 3.05) is 13.1 Å². The monoisotopic (exact) mass is 276 g/mol. The molecule has 0 spiro atoms. The Bertz CT molecular complexity index is 650. The number of carbonyl (C=O) groups excluding carboxylic acids is 1. The number of aliphatic hydroxyl groups excluding tert-OH is 1. The number of hydrogen-bond acceptors (Lipinski definition) is 2. The van der Waals surface area contributed by atoms with Crippen LogP contribution in [0.2, 0.25) is 0 Å². The van der Waals surface area contributed by atoms with Crippen molar-refractivity contribution in [3.63, 3.8) is 0 Å². The molecule has 1 aromatic carbocycles. The van der Waals surface area contributed by atoms with Gasteiger partial charge in [-0.3, -0.25) is 4.79 Å². The summed E-state index contributed by atoms with van der Waals surface area (Å²) in [6.45, 7) is 2.99. The van der Waals surface area contributed by atoms with Gasteiger partial charge in [0, 0.05) is 36.1 Å². The molecule has 0 aliphatic carbocycles. The predicted molar refractivity (Wildman–Crippen MR) is 73.9 cm³/mol. The molecule has 1 amide bonds. The highest BCUT2D eigenvalue weighted by molar-refractivity contribution is 6.06. The first-order valence-electron chi connectivity index (χ1n) is 6.80. The van der Waals surface area contributed by atoms with Crippen molar-refractivity contribution < 1.29 is 14.3 Å². The van der Waals surface area contributed by atoms with Gasteiger partial charge in [0.05, 0.1) is 11.7 Å². The fourth-order valence-electron chi connectivity index (χ4n) is 2.81. The van der Waals surface area contributed by atoms with Gasteiger partial charge in [0.1, 0.15) is 5.82 Å². The van der Waals surface area contributed by atoms with E-state index in [0.717, 1.165) is 11.8 Å². The summed E-state index contributed by atoms with van der Waals surface area (Å²) in [5, 5.41) is 10.3. The quantitative estimate of drug-likeness (QED) is 0.883. The predicted octanol–water partition coefficient (Wildman–Crippen LogP) is 2.15. The number of H-pyrrole nitrogens is 1. The van der Waals surface area contributed by atoms with Crippen molar-refractivity contribution in [1.82, 2.24) is 9.88 Å². The minimum absolute atomic E-state index is 0.0639. The summed E-state index contributed by atoms with van der Waals surface area (Å²) >= 11 is 0. The Morgan fingerprint density at radius 3 is 3.05 bits per heavy atom. The van der Waals surface area contributed by atoms with E-state index < -0.39 is 6.10 Å². The van der Waals surface area contributed by atoms with Gasteiger partial charge >= 0.3 is 0 Å². The van der Waals surface area contributed by atoms with Crippen LogP contribution in [0.25, 0.3) is 10.9 Å². The number of likely N-dealkylation sites (tertiary alicyclic amines) is 1. The zero-order chi connectivity index (χ0) is 14.3. The number of aromatic amines is 1. The summed E-state index contributed by atoms with van der Waals surface area (Å²) in [6, 6.07) is 4.36. The smallest absolute Gasteiger partial charge is 0.256 e. The molecule has 1 aromatic heterocycles. The molecule has 2 unspecified atom stereocenters. The number of halogens is 1. The second-order valence-electron chi connectivity index (χ2n) is 5.43. The van der Waals surface area contributed by atoms with Crippen LogP contribution in [0.3, 0.4) is 0 Å². The van der Waals surface area contributed by atoms with Crippen LogP contribution in [-0.4, -0.2) is 40.1 Å². The number of rotatable bonds is 2. The zero-order valence-electron chi connectivity index (χ0n) is 11.3. The van der Waals surface area contributed by atoms with Crippen LogP contribution in [0.1, 0.15) is 23.7 Å². The van der Waals surface area contributed by atoms with Gasteiger partial charge in [-0.2, -0.15) is 0 Å². The number of fused-ring (bicyclic) bond motifs is 1. The van der Waals surface area contributed by atoms with E-state index in [1.807, 2.05) is 0 Å². The van der Waals surface area contributed by atoms with Crippen molar-refractivity contribution in [2.45, 2.75) is 19.4 Å². The number of nitrogens with one attached hydrogen (secondary N) is 1. The molecule has 106 valence electrons. The third kappa shape index (κ3) is 2.18. The number of nitrogens with zero attached hydrogens (tertiary/aromatic N) is 1. The van der Waals surface area contributed by atoms with Gasteiger partial charge in [0.15, 0.2) is 0 Å². The second-order valence-corrected chi connectivity index (χ2v) is 5.43. The Hall–Kier alpha value is -1.88. The summed E-state index contributed by atoms with van der Waals surface area (Å²) < 4.78 is 13.1. The normalized spacial score (nSPS) is 20.6. The number of benzene rings is 1. The van der Waals surface area contributed by atoms with Crippen LogP contribution in [0.15, 0.2) is 24.4 Å². The number of aromatic nitrogens is 1. The average Bonchev–Trinajstić information content (AvgIpc) is 3.04. The van der Waals surface area contributed by atoms with E-state index in [9.17, 15) is 14.3 Å². The van der Waals surface area contributed by atoms with E-state index in [4.69, 9.17) is 0 Å². The maximum absolute atomic E-state index is 13.1. The van der Waals surface area contributed by atoms with E-state index in [1.54, 1.807) is 24.1 Å². The Kier molecular flexibility index (Phi) is 3.22. The van der Waals surface area contributed by atoms with Crippen LogP contribution in [0.4, 0.5) is 4.39 Å². The summed E-state index contributed by atoms with van der Waals surface area (Å²) in [5.74, 6) is -0.249. The third-order valence-corrected chi connectivity index (χ3v) is 4.07. The van der Waals surface area contributed by atoms with Crippen LogP contribution in [0.5, 0.6) is 0 Å². The Morgan fingerprint density at radius 2 is 2.35 bits per heavy atom. The van der Waals surface area contributed by atoms with Crippen LogP contribution in [0, 0.1) is 11.7 Å². The fourth-order valence-corrected chi connectivity index (χ4v) is 2.81. The van der Waals surface area contributed by atoms with E-state index in [2.05, 4.69) is 4.98 Å². The summed E-state index contributed by atoms with van der Waals surface area (Å²) in [6.07, 6.45) is 2.05. The molecule has 1 aliphatic heterocycles. The SMILES string of the molecule is CC(O)C1CCN(C(=O)c2c[nH]c3cc(F)ccc23)C1. The molecular weight excluding hydrogens is 259 g/mol. The minimum Gasteiger partial charge on any atom is -0.393 e. The van der Waals surface area contributed by atoms with Gasteiger partial charge in [-0.05, 0) is 31.5 Å². The first-order valence-corrected chi connectivity index (χ1v) is 6.80. The lowest BCUT2D eigenvalue weighted by molar-refractivity contribution is 0.0764. The molecule has 3 rings (SSSR count). The van der Waals surface area contributed by atoms with Gasteiger partial charge in [-0.25, -0.2) is 4.39 Å². The number of carbonyl (C=O) groups is 1. The topological polar surface area (TPSA) is 56.3 Å². The molecule has 0 radical (unpaired) electrons. The highest BCUT2D eigenvalue weighted by atomic mass is 19.1. The molecule has 2 N–H and O–H groups in total. The van der Waals surface area contributed by atoms with Crippen molar-refractivity contribution in [3.8, 4) is 0 Å². The number of amides is 1. The molecule has 2 atom stereocenters. The van der Waals surface area contributed by atoms with Crippen LogP contribution < -0.4 is 0 Å². The van der Waals surface area contributed by atoms with Crippen LogP contribution in [-0.2, 0) is 0 Å². The summed E-state index contributed by atoms with van der Waals surface area (Å²) in [7, 11) is 0. The highest BCUT2D eigenvalue weighted by Gasteiger charge is 2.30. The van der Waals surface area contributed by atoms with Crippen molar-refractivity contribution in [1.29, 1.82) is 0 Å². The molecule has 0 bridgehead atoms. The maximum atomic E-state index is 13.1. The lowest BCUT2D eigenvalue weighted by Gasteiger charge is -2.17. The number of aliphatic hydroxyl groups is 1. The molecular formula is C15H17FN2O2. The molecule has 5 heteroatoms. The Balaban J connectivity index is 1.86. The summed E-state index contributed by atoms with van der Waals surface area (Å²) in [4.78, 5) is 17.2. The van der Waals surface area contributed by atoms with Crippen molar-refractivity contribution in [2.24, 2.45) is 5.92 Å². The summed E-state index contributed by atoms with van der Waals surface area (Å²) in [5.41, 5.74) is 1.19. The van der Waals surface area contributed by atoms with E-state index in [1.165, 1.54) is 12.1 Å². The van der Waals surface area contributed by atoms with E-state index >= 15 is 0 Å². The number of hydrogen-bond donors (Lipinski definition) is 2. The molecule has 20 heavy (non-hydrogen) atoms. The molecule has 1 aliphatic rings. The second kappa shape index (κ2) is 4.90. The maximum Gasteiger partial charge on any atom is 0.256 e. The van der Waals surface area contributed by atoms with Crippen molar-refractivity contribution in [3.05, 3.63) is 35.8 Å². The molecule has 0 saturated carbocycles. The lowest BCUT2D eigenvalue weighted by atomic mass is 10.0. The molecule has 2 heterocycles. The minimum atomic E-state index is -0.398. The van der Waals surface area contributed by atoms with Crippen molar-refractivity contribution >= 4 is 16.8 Å². The first-order chi connectivity index (χ1) is 9.56. The third-order valence-electron chi connectivity index (χ3n) is 4.07. The van der Waals surface area contributed by atoms with Gasteiger partial charge in [0.2, 0.25) is 0 Å². The van der Waals surface area contributed by atoms with E-state index in [-0.39, 0.29) is 17.6 Å². The molecule has 2 aromatic rings. The Morgan fingerprint density at radius 1 is 1.55 bits per heavy atom. The average molecular weight is 276 g/mol. The molecule has 4 nitrogen and oxygen atoms in total. The van der Waals surface area contributed by atoms with Gasteiger partial charge in [-0.15, -0.1) is 0 Å². The van der Waals surface area contributed by atoms with E-state index in [0.29, 0.717) is 24.2 Å². The van der Waals surface area contributed by atoms with Gasteiger partial charge < -0.3 is 15.0 Å². The van der Waals surface area contributed by atoms with Gasteiger partial charge in [-0.1, -0.05) is 0 Å². The first kappa shape index (κ1) is 13.1. The lowest BCUT2D eigenvalue weighted by Crippen LogP contribution is -2.30. The molecule has 1 fully saturated rings. The van der Waals surface area contributed by atoms with Crippen LogP contribution >= 0.6 is 0 Å². The highest BCUT2D eigenvalue weighted by Crippen LogP contribution is 2.25. The van der Waals surface area contributed by atoms with Gasteiger partial charge in [0.25, 0.3) is 5.91 Å².